The van der Waals surface area contributed by atoms with Crippen molar-refractivity contribution in [2.45, 2.75) is 13.0 Å². The van der Waals surface area contributed by atoms with E-state index in [1.807, 2.05) is 17.6 Å². The van der Waals surface area contributed by atoms with Gasteiger partial charge < -0.3 is 9.88 Å². The summed E-state index contributed by atoms with van der Waals surface area (Å²) >= 11 is 7.72. The Balaban J connectivity index is 1.84. The largest absolute Gasteiger partial charge is 0.356 e. The van der Waals surface area contributed by atoms with Crippen molar-refractivity contribution in [1.29, 1.82) is 0 Å². The first-order valence-corrected chi connectivity index (χ1v) is 7.01. The summed E-state index contributed by atoms with van der Waals surface area (Å²) in [6.07, 6.45) is 4.31. The zero-order chi connectivity index (χ0) is 12.5. The van der Waals surface area contributed by atoms with Gasteiger partial charge in [-0.2, -0.15) is 0 Å². The fourth-order valence-electron chi connectivity index (χ4n) is 2.19. The molecule has 2 aromatic rings. The number of halogens is 1. The van der Waals surface area contributed by atoms with Gasteiger partial charge in [-0.25, -0.2) is 4.98 Å². The van der Waals surface area contributed by atoms with Crippen LogP contribution in [-0.4, -0.2) is 22.0 Å². The second-order valence-corrected chi connectivity index (χ2v) is 5.70. The topological polar surface area (TPSA) is 46.9 Å². The van der Waals surface area contributed by atoms with Gasteiger partial charge >= 0.3 is 0 Å². The average Bonchev–Trinajstić information content (AvgIpc) is 3.02. The molecule has 1 aliphatic heterocycles. The standard InChI is InChI=1S/C12H12ClN3OS/c13-9-1-4-18-11(9)12-14-2-3-16(12)7-8-5-10(17)15-6-8/h1-4,8H,5-7H2,(H,15,17). The van der Waals surface area contributed by atoms with E-state index in [1.165, 1.54) is 0 Å². The molecular weight excluding hydrogens is 270 g/mol. The van der Waals surface area contributed by atoms with Crippen molar-refractivity contribution in [3.63, 3.8) is 0 Å². The number of hydrogen-bond donors (Lipinski definition) is 1. The van der Waals surface area contributed by atoms with Crippen molar-refractivity contribution in [2.24, 2.45) is 5.92 Å². The number of aromatic nitrogens is 2. The maximum Gasteiger partial charge on any atom is 0.220 e. The number of rotatable bonds is 3. The van der Waals surface area contributed by atoms with Crippen molar-refractivity contribution < 1.29 is 4.79 Å². The Hall–Kier alpha value is -1.33. The van der Waals surface area contributed by atoms with Gasteiger partial charge in [-0.05, 0) is 11.4 Å². The van der Waals surface area contributed by atoms with Crippen molar-refractivity contribution in [2.75, 3.05) is 6.54 Å². The second-order valence-electron chi connectivity index (χ2n) is 4.38. The Labute approximate surface area is 114 Å². The average molecular weight is 282 g/mol. The number of nitrogens with one attached hydrogen (secondary N) is 1. The zero-order valence-electron chi connectivity index (χ0n) is 9.60. The van der Waals surface area contributed by atoms with E-state index in [9.17, 15) is 4.79 Å². The summed E-state index contributed by atoms with van der Waals surface area (Å²) in [5, 5.41) is 5.54. The lowest BCUT2D eigenvalue weighted by atomic mass is 10.1. The minimum Gasteiger partial charge on any atom is -0.356 e. The van der Waals surface area contributed by atoms with Crippen LogP contribution in [0, 0.1) is 5.92 Å². The van der Waals surface area contributed by atoms with E-state index in [1.54, 1.807) is 17.5 Å². The molecule has 1 fully saturated rings. The van der Waals surface area contributed by atoms with E-state index >= 15 is 0 Å². The van der Waals surface area contributed by atoms with Crippen LogP contribution in [0.15, 0.2) is 23.8 Å². The van der Waals surface area contributed by atoms with Crippen LogP contribution in [0.4, 0.5) is 0 Å². The van der Waals surface area contributed by atoms with Crippen LogP contribution in [-0.2, 0) is 11.3 Å². The molecule has 1 N–H and O–H groups in total. The van der Waals surface area contributed by atoms with Gasteiger partial charge in [-0.3, -0.25) is 4.79 Å². The van der Waals surface area contributed by atoms with Crippen molar-refractivity contribution in [1.82, 2.24) is 14.9 Å². The lowest BCUT2D eigenvalue weighted by Gasteiger charge is -2.11. The Morgan fingerprint density at radius 3 is 3.17 bits per heavy atom. The number of carbonyl (C=O) groups excluding carboxylic acids is 1. The molecule has 0 bridgehead atoms. The number of amides is 1. The van der Waals surface area contributed by atoms with Gasteiger partial charge in [-0.1, -0.05) is 11.6 Å². The Morgan fingerprint density at radius 2 is 2.50 bits per heavy atom. The molecule has 1 saturated heterocycles. The number of hydrogen-bond acceptors (Lipinski definition) is 3. The molecule has 0 saturated carbocycles. The monoisotopic (exact) mass is 281 g/mol. The van der Waals surface area contributed by atoms with Crippen molar-refractivity contribution in [3.05, 3.63) is 28.9 Å². The summed E-state index contributed by atoms with van der Waals surface area (Å²) in [5.74, 6) is 1.36. The predicted molar refractivity (Wildman–Crippen MR) is 71.7 cm³/mol. The third kappa shape index (κ3) is 2.15. The fourth-order valence-corrected chi connectivity index (χ4v) is 3.34. The first-order valence-electron chi connectivity index (χ1n) is 5.75. The van der Waals surface area contributed by atoms with Crippen molar-refractivity contribution in [3.8, 4) is 10.7 Å². The lowest BCUT2D eigenvalue weighted by molar-refractivity contribution is -0.119. The summed E-state index contributed by atoms with van der Waals surface area (Å²) in [6.45, 7) is 1.54. The van der Waals surface area contributed by atoms with Gasteiger partial charge in [0.25, 0.3) is 0 Å². The van der Waals surface area contributed by atoms with Crippen LogP contribution in [0.5, 0.6) is 0 Å². The smallest absolute Gasteiger partial charge is 0.220 e. The van der Waals surface area contributed by atoms with Gasteiger partial charge in [0.1, 0.15) is 0 Å². The molecule has 0 radical (unpaired) electrons. The van der Waals surface area contributed by atoms with E-state index in [0.29, 0.717) is 12.3 Å². The maximum absolute atomic E-state index is 11.2. The first kappa shape index (κ1) is 11.7. The van der Waals surface area contributed by atoms with E-state index < -0.39 is 0 Å². The summed E-state index contributed by atoms with van der Waals surface area (Å²) in [6, 6.07) is 1.88. The number of imidazole rings is 1. The molecule has 4 nitrogen and oxygen atoms in total. The second kappa shape index (κ2) is 4.74. The molecule has 1 atom stereocenters. The van der Waals surface area contributed by atoms with Crippen LogP contribution in [0.1, 0.15) is 6.42 Å². The molecule has 2 aromatic heterocycles. The normalized spacial score (nSPS) is 19.2. The molecule has 1 aliphatic rings. The van der Waals surface area contributed by atoms with Gasteiger partial charge in [0, 0.05) is 37.8 Å². The first-order chi connectivity index (χ1) is 8.74. The molecule has 1 amide bonds. The van der Waals surface area contributed by atoms with Crippen LogP contribution in [0.2, 0.25) is 5.02 Å². The number of thiophene rings is 1. The summed E-state index contributed by atoms with van der Waals surface area (Å²) in [7, 11) is 0. The molecule has 3 rings (SSSR count). The van der Waals surface area contributed by atoms with E-state index in [0.717, 1.165) is 28.8 Å². The third-order valence-corrected chi connectivity index (χ3v) is 4.39. The SMILES string of the molecule is O=C1CC(Cn2ccnc2-c2sccc2Cl)CN1. The highest BCUT2D eigenvalue weighted by atomic mass is 35.5. The molecule has 0 aromatic carbocycles. The minimum absolute atomic E-state index is 0.135. The van der Waals surface area contributed by atoms with Crippen LogP contribution < -0.4 is 5.32 Å². The Kier molecular flexibility index (Phi) is 3.09. The zero-order valence-corrected chi connectivity index (χ0v) is 11.2. The van der Waals surface area contributed by atoms with Crippen LogP contribution in [0.25, 0.3) is 10.7 Å². The Morgan fingerprint density at radius 1 is 1.61 bits per heavy atom. The van der Waals surface area contributed by atoms with Gasteiger partial charge in [0.2, 0.25) is 5.91 Å². The predicted octanol–water partition coefficient (Wildman–Crippen LogP) is 2.40. The summed E-state index contributed by atoms with van der Waals surface area (Å²) in [5.41, 5.74) is 0. The highest BCUT2D eigenvalue weighted by molar-refractivity contribution is 7.14. The number of carbonyl (C=O) groups is 1. The molecular formula is C12H12ClN3OS. The third-order valence-electron chi connectivity index (χ3n) is 3.05. The van der Waals surface area contributed by atoms with Gasteiger partial charge in [0.05, 0.1) is 9.90 Å². The van der Waals surface area contributed by atoms with Crippen LogP contribution >= 0.6 is 22.9 Å². The molecule has 6 heteroatoms. The van der Waals surface area contributed by atoms with E-state index in [4.69, 9.17) is 11.6 Å². The lowest BCUT2D eigenvalue weighted by Crippen LogP contribution is -2.16. The van der Waals surface area contributed by atoms with Crippen molar-refractivity contribution >= 4 is 28.8 Å². The minimum atomic E-state index is 0.135. The summed E-state index contributed by atoms with van der Waals surface area (Å²) in [4.78, 5) is 16.5. The molecule has 94 valence electrons. The quantitative estimate of drug-likeness (QED) is 0.939. The van der Waals surface area contributed by atoms with E-state index in [2.05, 4.69) is 14.9 Å². The fraction of sp³-hybridized carbons (Fsp3) is 0.333. The Bertz CT molecular complexity index is 577. The highest BCUT2D eigenvalue weighted by Gasteiger charge is 2.23. The molecule has 0 aliphatic carbocycles. The maximum atomic E-state index is 11.2. The van der Waals surface area contributed by atoms with E-state index in [-0.39, 0.29) is 5.91 Å². The number of nitrogens with zero attached hydrogens (tertiary/aromatic N) is 2. The molecule has 18 heavy (non-hydrogen) atoms. The molecule has 1 unspecified atom stereocenters. The summed E-state index contributed by atoms with van der Waals surface area (Å²) < 4.78 is 2.07. The van der Waals surface area contributed by atoms with Gasteiger partial charge in [0.15, 0.2) is 5.82 Å². The van der Waals surface area contributed by atoms with Crippen LogP contribution in [0.3, 0.4) is 0 Å². The van der Waals surface area contributed by atoms with Gasteiger partial charge in [-0.15, -0.1) is 11.3 Å². The molecule has 3 heterocycles. The molecule has 0 spiro atoms. The highest BCUT2D eigenvalue weighted by Crippen LogP contribution is 2.32.